The molecule has 0 spiro atoms. The molecule has 0 atom stereocenters. The minimum atomic E-state index is -0.134. The molecule has 0 N–H and O–H groups in total. The third kappa shape index (κ3) is 2.48. The van der Waals surface area contributed by atoms with Crippen molar-refractivity contribution in [1.82, 2.24) is 0 Å². The van der Waals surface area contributed by atoms with Crippen molar-refractivity contribution in [2.75, 3.05) is 7.11 Å². The van der Waals surface area contributed by atoms with Crippen LogP contribution in [0.1, 0.15) is 21.5 Å². The summed E-state index contributed by atoms with van der Waals surface area (Å²) in [5.41, 5.74) is 3.80. The molecule has 0 saturated carbocycles. The van der Waals surface area contributed by atoms with E-state index in [-0.39, 0.29) is 5.91 Å². The first-order valence-electron chi connectivity index (χ1n) is 6.58. The lowest BCUT2D eigenvalue weighted by Crippen LogP contribution is -2.18. The van der Waals surface area contributed by atoms with Gasteiger partial charge in [-0.25, -0.2) is 4.99 Å². The van der Waals surface area contributed by atoms with Crippen molar-refractivity contribution in [2.45, 2.75) is 12.8 Å². The average molecular weight is 265 g/mol. The van der Waals surface area contributed by atoms with Crippen LogP contribution < -0.4 is 4.74 Å². The Bertz CT molecular complexity index is 689. The fourth-order valence-electron chi connectivity index (χ4n) is 2.47. The van der Waals surface area contributed by atoms with Gasteiger partial charge in [-0.05, 0) is 29.3 Å². The topological polar surface area (TPSA) is 38.7 Å². The summed E-state index contributed by atoms with van der Waals surface area (Å²) in [6.07, 6.45) is 1.41. The number of rotatable bonds is 3. The molecule has 3 nitrogen and oxygen atoms in total. The molecule has 0 radical (unpaired) electrons. The Kier molecular flexibility index (Phi) is 3.33. The lowest BCUT2D eigenvalue weighted by molar-refractivity contribution is 0.1000. The van der Waals surface area contributed by atoms with E-state index in [2.05, 4.69) is 4.99 Å². The first-order valence-corrected chi connectivity index (χ1v) is 6.58. The summed E-state index contributed by atoms with van der Waals surface area (Å²) in [5, 5.41) is 0. The van der Waals surface area contributed by atoms with Gasteiger partial charge in [-0.15, -0.1) is 0 Å². The molecule has 2 aromatic carbocycles. The predicted molar refractivity (Wildman–Crippen MR) is 78.6 cm³/mol. The van der Waals surface area contributed by atoms with Gasteiger partial charge in [0.2, 0.25) is 0 Å². The van der Waals surface area contributed by atoms with Gasteiger partial charge < -0.3 is 4.74 Å². The van der Waals surface area contributed by atoms with E-state index in [0.717, 1.165) is 34.6 Å². The van der Waals surface area contributed by atoms with E-state index in [1.54, 1.807) is 7.11 Å². The van der Waals surface area contributed by atoms with Crippen LogP contribution in [0.25, 0.3) is 0 Å². The van der Waals surface area contributed by atoms with Crippen molar-refractivity contribution < 1.29 is 9.53 Å². The largest absolute Gasteiger partial charge is 0.497 e. The molecule has 0 bridgehead atoms. The Hall–Kier alpha value is -2.42. The predicted octanol–water partition coefficient (Wildman–Crippen LogP) is 3.08. The number of fused-ring (bicyclic) bond motifs is 1. The molecule has 1 amide bonds. The van der Waals surface area contributed by atoms with Crippen molar-refractivity contribution in [3.05, 3.63) is 65.2 Å². The van der Waals surface area contributed by atoms with Gasteiger partial charge in [0.15, 0.2) is 0 Å². The Morgan fingerprint density at radius 3 is 2.85 bits per heavy atom. The fourth-order valence-corrected chi connectivity index (χ4v) is 2.47. The fraction of sp³-hybridized carbons (Fsp3) is 0.176. The Labute approximate surface area is 117 Å². The Balaban J connectivity index is 1.84. The van der Waals surface area contributed by atoms with Crippen molar-refractivity contribution in [3.63, 3.8) is 0 Å². The number of ether oxygens (including phenoxy) is 1. The van der Waals surface area contributed by atoms with Crippen LogP contribution in [0.4, 0.5) is 0 Å². The van der Waals surface area contributed by atoms with Gasteiger partial charge in [-0.2, -0.15) is 0 Å². The minimum Gasteiger partial charge on any atom is -0.497 e. The molecule has 1 aliphatic rings. The third-order valence-electron chi connectivity index (χ3n) is 3.44. The van der Waals surface area contributed by atoms with Crippen LogP contribution in [0, 0.1) is 0 Å². The second kappa shape index (κ2) is 5.29. The van der Waals surface area contributed by atoms with Gasteiger partial charge >= 0.3 is 0 Å². The van der Waals surface area contributed by atoms with Gasteiger partial charge in [-0.3, -0.25) is 4.79 Å². The van der Waals surface area contributed by atoms with Crippen LogP contribution in [0.3, 0.4) is 0 Å². The maximum Gasteiger partial charge on any atom is 0.277 e. The molecule has 3 rings (SSSR count). The number of hydrogen-bond donors (Lipinski definition) is 0. The highest BCUT2D eigenvalue weighted by atomic mass is 16.5. The van der Waals surface area contributed by atoms with Crippen molar-refractivity contribution in [3.8, 4) is 5.75 Å². The molecule has 0 unspecified atom stereocenters. The van der Waals surface area contributed by atoms with E-state index in [4.69, 9.17) is 4.74 Å². The van der Waals surface area contributed by atoms with Gasteiger partial charge in [-0.1, -0.05) is 30.3 Å². The lowest BCUT2D eigenvalue weighted by Gasteiger charge is -2.15. The highest BCUT2D eigenvalue weighted by Gasteiger charge is 2.18. The van der Waals surface area contributed by atoms with Crippen molar-refractivity contribution in [1.29, 1.82) is 0 Å². The second-order valence-corrected chi connectivity index (χ2v) is 4.85. The van der Waals surface area contributed by atoms with E-state index in [9.17, 15) is 4.79 Å². The molecule has 1 aliphatic heterocycles. The molecule has 3 heteroatoms. The summed E-state index contributed by atoms with van der Waals surface area (Å²) in [6, 6.07) is 15.5. The van der Waals surface area contributed by atoms with Gasteiger partial charge in [0.25, 0.3) is 5.91 Å². The van der Waals surface area contributed by atoms with Crippen LogP contribution in [0.15, 0.2) is 53.5 Å². The van der Waals surface area contributed by atoms with E-state index in [1.165, 1.54) is 0 Å². The third-order valence-corrected chi connectivity index (χ3v) is 3.44. The number of aliphatic imine (C=N–C) groups is 1. The standard InChI is InChI=1S/C17H15NO2/c1-20-15-7-4-5-12(10-15)9-14-11-13-6-2-3-8-16(13)17(19)18-14/h2-8,10H,9,11H2,1H3. The molecular weight excluding hydrogens is 250 g/mol. The Morgan fingerprint density at radius 2 is 2.00 bits per heavy atom. The number of nitrogens with zero attached hydrogens (tertiary/aromatic N) is 1. The normalized spacial score (nSPS) is 13.7. The van der Waals surface area contributed by atoms with Crippen molar-refractivity contribution >= 4 is 11.6 Å². The summed E-state index contributed by atoms with van der Waals surface area (Å²) in [5.74, 6) is 0.690. The average Bonchev–Trinajstić information content (AvgIpc) is 2.47. The van der Waals surface area contributed by atoms with E-state index in [1.807, 2.05) is 48.5 Å². The number of hydrogen-bond acceptors (Lipinski definition) is 2. The SMILES string of the molecule is COc1cccc(CC2=NC(=O)c3ccccc3C2)c1. The quantitative estimate of drug-likeness (QED) is 0.855. The number of carbonyl (C=O) groups is 1. The molecule has 100 valence electrons. The molecule has 0 saturated heterocycles. The molecule has 2 aromatic rings. The zero-order valence-electron chi connectivity index (χ0n) is 11.3. The molecule has 20 heavy (non-hydrogen) atoms. The smallest absolute Gasteiger partial charge is 0.277 e. The van der Waals surface area contributed by atoms with Crippen LogP contribution in [0.2, 0.25) is 0 Å². The zero-order chi connectivity index (χ0) is 13.9. The summed E-state index contributed by atoms with van der Waals surface area (Å²) in [6.45, 7) is 0. The molecule has 0 aromatic heterocycles. The van der Waals surface area contributed by atoms with Crippen molar-refractivity contribution in [2.24, 2.45) is 4.99 Å². The van der Waals surface area contributed by atoms with Crippen LogP contribution in [-0.4, -0.2) is 18.7 Å². The molecular formula is C17H15NO2. The number of benzene rings is 2. The molecule has 0 fully saturated rings. The highest BCUT2D eigenvalue weighted by molar-refractivity contribution is 6.09. The summed E-state index contributed by atoms with van der Waals surface area (Å²) in [7, 11) is 1.65. The number of carbonyl (C=O) groups excluding carboxylic acids is 1. The van der Waals surface area contributed by atoms with Gasteiger partial charge in [0.05, 0.1) is 7.11 Å². The van der Waals surface area contributed by atoms with E-state index < -0.39 is 0 Å². The Morgan fingerprint density at radius 1 is 1.15 bits per heavy atom. The lowest BCUT2D eigenvalue weighted by atomic mass is 9.95. The maximum absolute atomic E-state index is 12.0. The van der Waals surface area contributed by atoms with Crippen LogP contribution in [-0.2, 0) is 12.8 Å². The number of methoxy groups -OCH3 is 1. The summed E-state index contributed by atoms with van der Waals surface area (Å²) < 4.78 is 5.21. The monoisotopic (exact) mass is 265 g/mol. The zero-order valence-corrected chi connectivity index (χ0v) is 11.3. The van der Waals surface area contributed by atoms with Gasteiger partial charge in [0, 0.05) is 24.1 Å². The highest BCUT2D eigenvalue weighted by Crippen LogP contribution is 2.20. The number of amides is 1. The van der Waals surface area contributed by atoms with Crippen LogP contribution >= 0.6 is 0 Å². The van der Waals surface area contributed by atoms with Gasteiger partial charge in [0.1, 0.15) is 5.75 Å². The van der Waals surface area contributed by atoms with Crippen LogP contribution in [0.5, 0.6) is 5.75 Å². The minimum absolute atomic E-state index is 0.134. The summed E-state index contributed by atoms with van der Waals surface area (Å²) in [4.78, 5) is 16.2. The maximum atomic E-state index is 12.0. The summed E-state index contributed by atoms with van der Waals surface area (Å²) >= 11 is 0. The molecule has 0 aliphatic carbocycles. The molecule has 1 heterocycles. The first kappa shape index (κ1) is 12.6. The first-order chi connectivity index (χ1) is 9.76. The van der Waals surface area contributed by atoms with E-state index >= 15 is 0 Å². The van der Waals surface area contributed by atoms with E-state index in [0.29, 0.717) is 6.42 Å². The second-order valence-electron chi connectivity index (χ2n) is 4.85.